The normalized spacial score (nSPS) is 16.2. The van der Waals surface area contributed by atoms with Gasteiger partial charge in [0.15, 0.2) is 0 Å². The van der Waals surface area contributed by atoms with Crippen LogP contribution in [-0.2, 0) is 9.53 Å². The molecule has 2 nitrogen and oxygen atoms in total. The number of hydrogen-bond donors (Lipinski definition) is 0. The van der Waals surface area contributed by atoms with Gasteiger partial charge in [-0.25, -0.2) is 0 Å². The van der Waals surface area contributed by atoms with Crippen molar-refractivity contribution >= 4 is 5.97 Å². The largest absolute Gasteiger partial charge is 0.465 e. The van der Waals surface area contributed by atoms with Crippen molar-refractivity contribution in [1.29, 1.82) is 0 Å². The third kappa shape index (κ3) is 4.99. The van der Waals surface area contributed by atoms with Crippen molar-refractivity contribution < 1.29 is 9.53 Å². The van der Waals surface area contributed by atoms with Gasteiger partial charge in [-0.15, -0.1) is 0 Å². The summed E-state index contributed by atoms with van der Waals surface area (Å²) in [6, 6.07) is 0. The summed E-state index contributed by atoms with van der Waals surface area (Å²) in [5, 5.41) is 0. The third-order valence-electron chi connectivity index (χ3n) is 3.72. The molecule has 0 aromatic rings. The highest BCUT2D eigenvalue weighted by Gasteiger charge is 2.47. The van der Waals surface area contributed by atoms with E-state index >= 15 is 0 Å². The van der Waals surface area contributed by atoms with Gasteiger partial charge >= 0.3 is 5.97 Å². The first-order valence-electron chi connectivity index (χ1n) is 7.11. The van der Waals surface area contributed by atoms with Gasteiger partial charge < -0.3 is 4.74 Å². The van der Waals surface area contributed by atoms with Crippen molar-refractivity contribution in [3.8, 4) is 0 Å². The Morgan fingerprint density at radius 1 is 1.00 bits per heavy atom. The predicted octanol–water partition coefficient (Wildman–Crippen LogP) is 4.82. The van der Waals surface area contributed by atoms with Crippen LogP contribution in [0.5, 0.6) is 0 Å². The first-order valence-corrected chi connectivity index (χ1v) is 7.11. The summed E-state index contributed by atoms with van der Waals surface area (Å²) in [6.07, 6.45) is 2.84. The molecule has 1 unspecified atom stereocenters. The molecule has 0 spiro atoms. The Kier molecular flexibility index (Phi) is 5.90. The lowest BCUT2D eigenvalue weighted by molar-refractivity contribution is -0.164. The molecular formula is C16H32O2. The van der Waals surface area contributed by atoms with Crippen molar-refractivity contribution in [3.05, 3.63) is 0 Å². The zero-order chi connectivity index (χ0) is 14.6. The van der Waals surface area contributed by atoms with Gasteiger partial charge in [-0.2, -0.15) is 0 Å². The number of unbranched alkanes of at least 4 members (excludes halogenated alkanes) is 1. The van der Waals surface area contributed by atoms with E-state index in [4.69, 9.17) is 4.74 Å². The maximum atomic E-state index is 12.4. The Morgan fingerprint density at radius 3 is 1.83 bits per heavy atom. The smallest absolute Gasteiger partial charge is 0.312 e. The molecule has 18 heavy (non-hydrogen) atoms. The first kappa shape index (κ1) is 17.5. The number of rotatable bonds is 5. The maximum Gasteiger partial charge on any atom is 0.312 e. The monoisotopic (exact) mass is 256 g/mol. The Morgan fingerprint density at radius 2 is 1.50 bits per heavy atom. The Balaban J connectivity index is 4.94. The predicted molar refractivity (Wildman–Crippen MR) is 77.5 cm³/mol. The minimum Gasteiger partial charge on any atom is -0.465 e. The Labute approximate surface area is 113 Å². The van der Waals surface area contributed by atoms with Crippen molar-refractivity contribution in [1.82, 2.24) is 0 Å². The lowest BCUT2D eigenvalue weighted by atomic mass is 9.61. The number of esters is 1. The van der Waals surface area contributed by atoms with E-state index in [0.717, 1.165) is 19.3 Å². The van der Waals surface area contributed by atoms with Crippen LogP contribution in [-0.4, -0.2) is 12.6 Å². The average Bonchev–Trinajstić information content (AvgIpc) is 2.13. The highest BCUT2D eigenvalue weighted by atomic mass is 16.5. The quantitative estimate of drug-likeness (QED) is 0.521. The second-order valence-corrected chi connectivity index (χ2v) is 7.81. The van der Waals surface area contributed by atoms with Gasteiger partial charge in [0.2, 0.25) is 0 Å². The molecule has 0 saturated carbocycles. The molecule has 0 aliphatic carbocycles. The van der Waals surface area contributed by atoms with Crippen LogP contribution in [0.15, 0.2) is 0 Å². The van der Waals surface area contributed by atoms with Crippen LogP contribution in [0.3, 0.4) is 0 Å². The van der Waals surface area contributed by atoms with Gasteiger partial charge in [-0.1, -0.05) is 54.9 Å². The molecule has 0 heterocycles. The van der Waals surface area contributed by atoms with Crippen LogP contribution in [0, 0.1) is 16.2 Å². The molecule has 0 N–H and O–H groups in total. The number of carbonyl (C=O) groups excluding carboxylic acids is 1. The molecule has 0 rings (SSSR count). The molecule has 0 amide bonds. The molecule has 0 aromatic heterocycles. The van der Waals surface area contributed by atoms with Crippen LogP contribution in [0.4, 0.5) is 0 Å². The average molecular weight is 256 g/mol. The summed E-state index contributed by atoms with van der Waals surface area (Å²) >= 11 is 0. The number of ether oxygens (including phenoxy) is 1. The fourth-order valence-corrected chi connectivity index (χ4v) is 2.17. The van der Waals surface area contributed by atoms with E-state index in [0.29, 0.717) is 6.61 Å². The summed E-state index contributed by atoms with van der Waals surface area (Å²) in [5.74, 6) is -0.0432. The second kappa shape index (κ2) is 6.08. The highest BCUT2D eigenvalue weighted by molar-refractivity contribution is 5.77. The zero-order valence-electron chi connectivity index (χ0n) is 13.6. The van der Waals surface area contributed by atoms with Crippen LogP contribution in [0.2, 0.25) is 0 Å². The zero-order valence-corrected chi connectivity index (χ0v) is 13.6. The van der Waals surface area contributed by atoms with E-state index in [9.17, 15) is 4.79 Å². The Hall–Kier alpha value is -0.530. The lowest BCUT2D eigenvalue weighted by Crippen LogP contribution is -2.44. The van der Waals surface area contributed by atoms with Crippen molar-refractivity contribution in [2.24, 2.45) is 16.2 Å². The topological polar surface area (TPSA) is 26.3 Å². The van der Waals surface area contributed by atoms with Crippen LogP contribution in [0.1, 0.15) is 74.7 Å². The van der Waals surface area contributed by atoms with Gasteiger partial charge in [0.25, 0.3) is 0 Å². The standard InChI is InChI=1S/C16H32O2/c1-9-10-11-18-13(17)16(8,15(5,6)7)12-14(2,3)4/h9-12H2,1-8H3. The molecule has 1 atom stereocenters. The minimum absolute atomic E-state index is 0.0432. The molecule has 0 saturated heterocycles. The molecule has 0 radical (unpaired) electrons. The third-order valence-corrected chi connectivity index (χ3v) is 3.72. The van der Waals surface area contributed by atoms with E-state index in [1.165, 1.54) is 0 Å². The molecule has 108 valence electrons. The summed E-state index contributed by atoms with van der Waals surface area (Å²) in [7, 11) is 0. The molecule has 0 aliphatic rings. The fourth-order valence-electron chi connectivity index (χ4n) is 2.17. The second-order valence-electron chi connectivity index (χ2n) is 7.81. The van der Waals surface area contributed by atoms with Crippen molar-refractivity contribution in [2.45, 2.75) is 74.7 Å². The first-order chi connectivity index (χ1) is 7.94. The minimum atomic E-state index is -0.432. The van der Waals surface area contributed by atoms with E-state index < -0.39 is 5.41 Å². The molecule has 0 fully saturated rings. The van der Waals surface area contributed by atoms with E-state index in [2.05, 4.69) is 48.5 Å². The lowest BCUT2D eigenvalue weighted by Gasteiger charge is -2.43. The van der Waals surface area contributed by atoms with E-state index in [1.807, 2.05) is 6.92 Å². The van der Waals surface area contributed by atoms with E-state index in [1.54, 1.807) is 0 Å². The molecule has 0 aliphatic heterocycles. The number of hydrogen-bond acceptors (Lipinski definition) is 2. The highest BCUT2D eigenvalue weighted by Crippen LogP contribution is 2.47. The summed E-state index contributed by atoms with van der Waals surface area (Å²) < 4.78 is 5.48. The molecular weight excluding hydrogens is 224 g/mol. The van der Waals surface area contributed by atoms with Gasteiger partial charge in [0, 0.05) is 0 Å². The van der Waals surface area contributed by atoms with Crippen molar-refractivity contribution in [2.75, 3.05) is 6.61 Å². The Bertz CT molecular complexity index is 268. The van der Waals surface area contributed by atoms with Crippen LogP contribution >= 0.6 is 0 Å². The molecule has 0 aromatic carbocycles. The van der Waals surface area contributed by atoms with Gasteiger partial charge in [0.05, 0.1) is 12.0 Å². The summed E-state index contributed by atoms with van der Waals surface area (Å²) in [5.41, 5.74) is -0.408. The van der Waals surface area contributed by atoms with Gasteiger partial charge in [-0.3, -0.25) is 4.79 Å². The van der Waals surface area contributed by atoms with Crippen molar-refractivity contribution in [3.63, 3.8) is 0 Å². The maximum absolute atomic E-state index is 12.4. The molecule has 0 bridgehead atoms. The number of carbonyl (C=O) groups is 1. The fraction of sp³-hybridized carbons (Fsp3) is 0.938. The molecule has 2 heteroatoms. The SMILES string of the molecule is CCCCOC(=O)C(C)(CC(C)(C)C)C(C)(C)C. The van der Waals surface area contributed by atoms with Gasteiger partial charge in [0.1, 0.15) is 0 Å². The summed E-state index contributed by atoms with van der Waals surface area (Å²) in [6.45, 7) is 17.6. The van der Waals surface area contributed by atoms with E-state index in [-0.39, 0.29) is 16.8 Å². The van der Waals surface area contributed by atoms with Crippen LogP contribution < -0.4 is 0 Å². The summed E-state index contributed by atoms with van der Waals surface area (Å²) in [4.78, 5) is 12.4. The van der Waals surface area contributed by atoms with Crippen LogP contribution in [0.25, 0.3) is 0 Å². The van der Waals surface area contributed by atoms with Gasteiger partial charge in [-0.05, 0) is 30.6 Å².